The Labute approximate surface area is 352 Å². The molecule has 0 amide bonds. The minimum atomic E-state index is 0. The van der Waals surface area contributed by atoms with E-state index >= 15 is 0 Å². The number of imidazole rings is 1. The molecule has 0 atom stereocenters. The van der Waals surface area contributed by atoms with Crippen LogP contribution in [-0.2, 0) is 19.5 Å². The van der Waals surface area contributed by atoms with Crippen molar-refractivity contribution >= 4 is 66.8 Å². The topological polar surface area (TPSA) is 106 Å². The molecular formula is C45H30N8RuS3+3. The molecule has 10 heterocycles. The van der Waals surface area contributed by atoms with Gasteiger partial charge in [-0.25, -0.2) is 4.98 Å². The maximum atomic E-state index is 5.01. The molecule has 57 heavy (non-hydrogen) atoms. The van der Waals surface area contributed by atoms with Gasteiger partial charge in [0.05, 0.1) is 49.7 Å². The number of thiophene rings is 3. The average Bonchev–Trinajstić information content (AvgIpc) is 4.13. The molecule has 11 aromatic rings. The van der Waals surface area contributed by atoms with Gasteiger partial charge in [-0.05, 0) is 109 Å². The molecule has 273 valence electrons. The minimum Gasteiger partial charge on any atom is -0.337 e. The van der Waals surface area contributed by atoms with Crippen LogP contribution in [0.5, 0.6) is 0 Å². The summed E-state index contributed by atoms with van der Waals surface area (Å²) in [7, 11) is 0. The second-order valence-corrected chi connectivity index (χ2v) is 15.4. The molecule has 1 N–H and O–H groups in total. The monoisotopic (exact) mass is 880 g/mol. The van der Waals surface area contributed by atoms with Crippen LogP contribution in [0.25, 0.3) is 85.8 Å². The Hall–Kier alpha value is -6.17. The quantitative estimate of drug-likeness (QED) is 0.136. The first-order valence-electron chi connectivity index (χ1n) is 17.7. The van der Waals surface area contributed by atoms with E-state index < -0.39 is 0 Å². The number of fused-ring (bicyclic) bond motifs is 6. The van der Waals surface area contributed by atoms with E-state index in [1.165, 1.54) is 19.5 Å². The van der Waals surface area contributed by atoms with Gasteiger partial charge in [0.2, 0.25) is 0 Å². The van der Waals surface area contributed by atoms with Gasteiger partial charge in [0.25, 0.3) is 0 Å². The molecule has 11 rings (SSSR count). The summed E-state index contributed by atoms with van der Waals surface area (Å²) in [4.78, 5) is 40.8. The third-order valence-corrected chi connectivity index (χ3v) is 12.1. The van der Waals surface area contributed by atoms with Gasteiger partial charge in [-0.3, -0.25) is 29.9 Å². The second kappa shape index (κ2) is 17.7. The fourth-order valence-corrected chi connectivity index (χ4v) is 9.02. The number of aromatic nitrogens is 8. The molecule has 0 unspecified atom stereocenters. The molecule has 0 bridgehead atoms. The average molecular weight is 880 g/mol. The summed E-state index contributed by atoms with van der Waals surface area (Å²) >= 11 is 5.38. The zero-order valence-electron chi connectivity index (χ0n) is 30.0. The Morgan fingerprint density at radius 3 is 1.32 bits per heavy atom. The van der Waals surface area contributed by atoms with E-state index in [-0.39, 0.29) is 19.5 Å². The molecule has 0 spiro atoms. The molecule has 0 aliphatic heterocycles. The Kier molecular flexibility index (Phi) is 11.8. The molecular weight excluding hydrogens is 850 g/mol. The summed E-state index contributed by atoms with van der Waals surface area (Å²) in [5.41, 5.74) is 7.40. The predicted octanol–water partition coefficient (Wildman–Crippen LogP) is 12.1. The molecule has 10 aromatic heterocycles. The van der Waals surface area contributed by atoms with Crippen molar-refractivity contribution < 1.29 is 19.5 Å². The number of nitrogens with zero attached hydrogens (tertiary/aromatic N) is 7. The van der Waals surface area contributed by atoms with E-state index in [1.54, 1.807) is 47.5 Å². The van der Waals surface area contributed by atoms with Crippen molar-refractivity contribution in [2.24, 2.45) is 0 Å². The molecule has 0 saturated carbocycles. The molecule has 12 heteroatoms. The number of benzene rings is 1. The molecule has 0 aliphatic rings. The van der Waals surface area contributed by atoms with Crippen molar-refractivity contribution in [1.82, 2.24) is 39.9 Å². The molecule has 1 radical (unpaired) electrons. The Morgan fingerprint density at radius 1 is 0.368 bits per heavy atom. The SMILES string of the molecule is [Ru+3].c1ccc(-c2ccccn2)nc1.c1ccc(-c2ccccn2)nc1.c1csc(-c2ccc(-c3ccc(-c4nc5c6cccnc6c6ncccc6c5[nH]4)s3)s2)c1. The summed E-state index contributed by atoms with van der Waals surface area (Å²) in [5, 5.41) is 4.19. The first kappa shape index (κ1) is 37.7. The zero-order valence-corrected chi connectivity index (χ0v) is 34.1. The Balaban J connectivity index is 0.000000149. The molecule has 1 aromatic carbocycles. The molecule has 0 saturated heterocycles. The summed E-state index contributed by atoms with van der Waals surface area (Å²) < 4.78 is 0. The van der Waals surface area contributed by atoms with Crippen LogP contribution in [0.15, 0.2) is 176 Å². The van der Waals surface area contributed by atoms with Gasteiger partial charge in [0.1, 0.15) is 5.82 Å². The van der Waals surface area contributed by atoms with Gasteiger partial charge in [0, 0.05) is 67.5 Å². The maximum Gasteiger partial charge on any atom is 3.00 e. The summed E-state index contributed by atoms with van der Waals surface area (Å²) in [6.45, 7) is 0. The van der Waals surface area contributed by atoms with Crippen molar-refractivity contribution in [3.63, 3.8) is 0 Å². The van der Waals surface area contributed by atoms with Gasteiger partial charge in [-0.15, -0.1) is 34.0 Å². The van der Waals surface area contributed by atoms with Gasteiger partial charge in [-0.2, -0.15) is 0 Å². The van der Waals surface area contributed by atoms with Crippen LogP contribution < -0.4 is 0 Å². The van der Waals surface area contributed by atoms with Crippen molar-refractivity contribution in [2.75, 3.05) is 0 Å². The van der Waals surface area contributed by atoms with Crippen molar-refractivity contribution in [1.29, 1.82) is 0 Å². The van der Waals surface area contributed by atoms with E-state index in [4.69, 9.17) is 4.98 Å². The fourth-order valence-electron chi connectivity index (χ4n) is 6.14. The predicted molar refractivity (Wildman–Crippen MR) is 232 cm³/mol. The fraction of sp³-hybridized carbons (Fsp3) is 0. The number of hydrogen-bond donors (Lipinski definition) is 1. The third kappa shape index (κ3) is 8.35. The van der Waals surface area contributed by atoms with E-state index in [0.29, 0.717) is 0 Å². The number of H-pyrrole nitrogens is 1. The van der Waals surface area contributed by atoms with Gasteiger partial charge in [0.15, 0.2) is 0 Å². The van der Waals surface area contributed by atoms with Crippen molar-refractivity contribution in [3.05, 3.63) is 176 Å². The van der Waals surface area contributed by atoms with E-state index in [1.807, 2.05) is 109 Å². The second-order valence-electron chi connectivity index (χ2n) is 12.3. The number of rotatable bonds is 5. The van der Waals surface area contributed by atoms with Crippen LogP contribution in [0, 0.1) is 0 Å². The number of nitrogens with one attached hydrogen (secondary N) is 1. The van der Waals surface area contributed by atoms with Crippen LogP contribution in [0.3, 0.4) is 0 Å². The summed E-state index contributed by atoms with van der Waals surface area (Å²) in [6.07, 6.45) is 10.7. The Bertz CT molecular complexity index is 2750. The zero-order chi connectivity index (χ0) is 37.5. The standard InChI is InChI=1S/C25H14N4S3.2C10H8N2.Ru/c1-4-14-21(26-11-1)22-15(5-2-12-27-22)24-23(14)28-25(29-24)20-10-9-19(32-20)18-8-7-17(31-18)16-6-3-13-30-16;2*1-3-7-11-9(5-1)10-6-2-4-8-12-10;/h1-13H,(H,28,29);2*1-8H;/q;;;+3. The van der Waals surface area contributed by atoms with Crippen molar-refractivity contribution in [3.8, 4) is 53.0 Å². The Morgan fingerprint density at radius 2 is 0.825 bits per heavy atom. The largest absolute Gasteiger partial charge is 3.00 e. The first-order chi connectivity index (χ1) is 27.8. The normalized spacial score (nSPS) is 10.7. The number of aromatic amines is 1. The number of hydrogen-bond acceptors (Lipinski definition) is 10. The minimum absolute atomic E-state index is 0. The van der Waals surface area contributed by atoms with Crippen LogP contribution in [0.1, 0.15) is 0 Å². The van der Waals surface area contributed by atoms with Crippen molar-refractivity contribution in [2.45, 2.75) is 0 Å². The molecule has 0 aliphatic carbocycles. The van der Waals surface area contributed by atoms with Crippen LogP contribution >= 0.6 is 34.0 Å². The summed E-state index contributed by atoms with van der Waals surface area (Å²) in [6, 6.07) is 44.3. The number of pyridine rings is 6. The van der Waals surface area contributed by atoms with E-state index in [9.17, 15) is 0 Å². The first-order valence-corrected chi connectivity index (χ1v) is 20.2. The van der Waals surface area contributed by atoms with Gasteiger partial charge < -0.3 is 4.98 Å². The van der Waals surface area contributed by atoms with Crippen LogP contribution in [-0.4, -0.2) is 39.9 Å². The van der Waals surface area contributed by atoms with E-state index in [2.05, 4.69) is 88.8 Å². The smallest absolute Gasteiger partial charge is 0.337 e. The summed E-state index contributed by atoms with van der Waals surface area (Å²) in [5.74, 6) is 0.882. The van der Waals surface area contributed by atoms with Gasteiger partial charge >= 0.3 is 19.5 Å². The van der Waals surface area contributed by atoms with Crippen LogP contribution in [0.4, 0.5) is 0 Å². The molecule has 8 nitrogen and oxygen atoms in total. The van der Waals surface area contributed by atoms with Gasteiger partial charge in [-0.1, -0.05) is 30.3 Å². The third-order valence-electron chi connectivity index (χ3n) is 8.70. The maximum absolute atomic E-state index is 5.01. The van der Waals surface area contributed by atoms with Crippen LogP contribution in [0.2, 0.25) is 0 Å². The van der Waals surface area contributed by atoms with E-state index in [0.717, 1.165) is 66.3 Å². The molecule has 0 fully saturated rings.